The molecule has 1 aromatic carbocycles. The minimum Gasteiger partial charge on any atom is -0.343 e. The van der Waals surface area contributed by atoms with Crippen molar-refractivity contribution in [3.63, 3.8) is 0 Å². The summed E-state index contributed by atoms with van der Waals surface area (Å²) >= 11 is 0. The van der Waals surface area contributed by atoms with Crippen LogP contribution in [0, 0.1) is 27.6 Å². The van der Waals surface area contributed by atoms with Gasteiger partial charge in [-0.15, -0.1) is 0 Å². The van der Waals surface area contributed by atoms with Gasteiger partial charge in [-0.05, 0) is 6.07 Å². The van der Waals surface area contributed by atoms with Gasteiger partial charge in [0.2, 0.25) is 0 Å². The Bertz CT molecular complexity index is 726. The van der Waals surface area contributed by atoms with Crippen LogP contribution in [0.1, 0.15) is 10.4 Å². The zero-order valence-corrected chi connectivity index (χ0v) is 12.2. The molecular formula is C14H13N6O3+. The second kappa shape index (κ2) is 8.54. The predicted molar refractivity (Wildman–Crippen MR) is 78.6 cm³/mol. The highest BCUT2D eigenvalue weighted by molar-refractivity contribution is 5.99. The summed E-state index contributed by atoms with van der Waals surface area (Å²) in [5.74, 6) is -1.18. The average molecular weight is 313 g/mol. The average Bonchev–Trinajstić information content (AvgIpc) is 2.56. The highest BCUT2D eigenvalue weighted by Gasteiger charge is 2.19. The number of hydrogen-bond acceptors (Lipinski definition) is 6. The number of hydrazine groups is 1. The van der Waals surface area contributed by atoms with Gasteiger partial charge < -0.3 is 10.7 Å². The molecule has 0 aliphatic carbocycles. The van der Waals surface area contributed by atoms with Crippen molar-refractivity contribution >= 4 is 17.5 Å². The molecule has 9 heteroatoms. The van der Waals surface area contributed by atoms with Gasteiger partial charge in [-0.2, -0.15) is 10.5 Å². The maximum Gasteiger partial charge on any atom is 0.268 e. The molecule has 9 nitrogen and oxygen atoms in total. The third kappa shape index (κ3) is 5.28. The molecule has 0 unspecified atom stereocenters. The number of carbonyl (C=O) groups is 2. The lowest BCUT2D eigenvalue weighted by atomic mass is 10.1. The number of carbonyl (C=O) groups excluding carboxylic acids is 2. The summed E-state index contributed by atoms with van der Waals surface area (Å²) in [6, 6.07) is 9.35. The molecule has 23 heavy (non-hydrogen) atoms. The van der Waals surface area contributed by atoms with Crippen LogP contribution in [0.3, 0.4) is 0 Å². The largest absolute Gasteiger partial charge is 0.343 e. The summed E-state index contributed by atoms with van der Waals surface area (Å²) in [7, 11) is 1.26. The van der Waals surface area contributed by atoms with Crippen molar-refractivity contribution in [3.8, 4) is 12.1 Å². The summed E-state index contributed by atoms with van der Waals surface area (Å²) in [5.41, 5.74) is 4.54. The Hall–Kier alpha value is -3.72. The van der Waals surface area contributed by atoms with E-state index in [0.29, 0.717) is 4.76 Å². The molecule has 1 rings (SSSR count). The van der Waals surface area contributed by atoms with Crippen LogP contribution in [0.2, 0.25) is 0 Å². The first kappa shape index (κ1) is 17.3. The third-order valence-electron chi connectivity index (χ3n) is 2.57. The Balaban J connectivity index is 2.56. The normalized spacial score (nSPS) is 8.83. The zero-order valence-electron chi connectivity index (χ0n) is 12.2. The van der Waals surface area contributed by atoms with E-state index in [1.807, 2.05) is 0 Å². The zero-order chi connectivity index (χ0) is 17.2. The molecule has 0 spiro atoms. The molecule has 0 saturated carbocycles. The molecule has 1 aromatic rings. The molecule has 0 atom stereocenters. The molecule has 2 amide bonds. The Morgan fingerprint density at radius 1 is 1.26 bits per heavy atom. The number of rotatable bonds is 6. The van der Waals surface area contributed by atoms with Gasteiger partial charge in [-0.3, -0.25) is 15.0 Å². The second-order valence-electron chi connectivity index (χ2n) is 4.17. The van der Waals surface area contributed by atoms with E-state index in [-0.39, 0.29) is 23.4 Å². The van der Waals surface area contributed by atoms with Crippen molar-refractivity contribution in [1.29, 1.82) is 10.5 Å². The molecule has 0 bridgehead atoms. The van der Waals surface area contributed by atoms with Gasteiger partial charge in [0.1, 0.15) is 23.3 Å². The fraction of sp³-hybridized carbons (Fsp3) is 0.143. The van der Waals surface area contributed by atoms with Crippen LogP contribution in [0.25, 0.3) is 0 Å². The fourth-order valence-electron chi connectivity index (χ4n) is 1.52. The molecule has 0 saturated heterocycles. The van der Waals surface area contributed by atoms with Crippen LogP contribution in [0.5, 0.6) is 0 Å². The predicted octanol–water partition coefficient (Wildman–Crippen LogP) is 0.00846. The SMILES string of the molecule is C[N+](=O)c1ccccc1C(=O)NCC(=O)NNC=C(C#N)C#N. The highest BCUT2D eigenvalue weighted by atomic mass is 16.3. The first-order valence-corrected chi connectivity index (χ1v) is 6.32. The standard InChI is InChI=1S/C14H12N6O3/c1-20(23)12-5-3-2-4-11(12)14(22)17-9-13(21)19-18-8-10(6-15)7-16/h2-5,8H,9H2,1H3,(H2-,17,18,19,21,22,23)/p+1. The summed E-state index contributed by atoms with van der Waals surface area (Å²) in [6.07, 6.45) is 1.02. The van der Waals surface area contributed by atoms with E-state index in [0.717, 1.165) is 6.20 Å². The van der Waals surface area contributed by atoms with Crippen molar-refractivity contribution in [3.05, 3.63) is 46.5 Å². The summed E-state index contributed by atoms with van der Waals surface area (Å²) < 4.78 is 0.548. The van der Waals surface area contributed by atoms with E-state index in [9.17, 15) is 14.5 Å². The number of nitroso groups, excluding NO2 is 1. The third-order valence-corrected chi connectivity index (χ3v) is 2.57. The van der Waals surface area contributed by atoms with E-state index < -0.39 is 11.8 Å². The minimum absolute atomic E-state index is 0.141. The Morgan fingerprint density at radius 3 is 2.52 bits per heavy atom. The summed E-state index contributed by atoms with van der Waals surface area (Å²) in [5, 5.41) is 19.3. The van der Waals surface area contributed by atoms with Crippen LogP contribution in [-0.4, -0.2) is 30.2 Å². The fourth-order valence-corrected chi connectivity index (χ4v) is 1.52. The van der Waals surface area contributed by atoms with Crippen LogP contribution in [0.15, 0.2) is 36.0 Å². The topological polar surface area (TPSA) is 138 Å². The molecular weight excluding hydrogens is 300 g/mol. The Morgan fingerprint density at radius 2 is 1.91 bits per heavy atom. The Labute approximate surface area is 131 Å². The number of nitrogens with one attached hydrogen (secondary N) is 3. The van der Waals surface area contributed by atoms with E-state index in [2.05, 4.69) is 16.2 Å². The number of allylic oxidation sites excluding steroid dienone is 1. The van der Waals surface area contributed by atoms with Gasteiger partial charge in [0.15, 0.2) is 7.05 Å². The van der Waals surface area contributed by atoms with Crippen LogP contribution in [-0.2, 0) is 4.79 Å². The maximum absolute atomic E-state index is 12.0. The van der Waals surface area contributed by atoms with Gasteiger partial charge >= 0.3 is 0 Å². The number of benzene rings is 1. The van der Waals surface area contributed by atoms with Gasteiger partial charge in [0.25, 0.3) is 17.5 Å². The molecule has 0 radical (unpaired) electrons. The molecule has 0 aliphatic heterocycles. The van der Waals surface area contributed by atoms with E-state index in [1.165, 1.54) is 19.2 Å². The van der Waals surface area contributed by atoms with Crippen LogP contribution in [0.4, 0.5) is 5.69 Å². The number of amides is 2. The van der Waals surface area contributed by atoms with Gasteiger partial charge in [0, 0.05) is 21.9 Å². The lowest BCUT2D eigenvalue weighted by Gasteiger charge is -2.06. The maximum atomic E-state index is 12.0. The quantitative estimate of drug-likeness (QED) is 0.384. The lowest BCUT2D eigenvalue weighted by Crippen LogP contribution is -2.41. The molecule has 0 aliphatic rings. The number of nitriles is 2. The van der Waals surface area contributed by atoms with Gasteiger partial charge in [-0.25, -0.2) is 0 Å². The first-order chi connectivity index (χ1) is 11.0. The van der Waals surface area contributed by atoms with Crippen LogP contribution >= 0.6 is 0 Å². The molecule has 3 N–H and O–H groups in total. The van der Waals surface area contributed by atoms with Crippen molar-refractivity contribution in [2.45, 2.75) is 0 Å². The van der Waals surface area contributed by atoms with Crippen molar-refractivity contribution in [1.82, 2.24) is 16.2 Å². The number of hydrogen-bond donors (Lipinski definition) is 3. The number of nitrogens with zero attached hydrogens (tertiary/aromatic N) is 3. The van der Waals surface area contributed by atoms with Crippen molar-refractivity contribution in [2.24, 2.45) is 0 Å². The molecule has 116 valence electrons. The van der Waals surface area contributed by atoms with E-state index in [4.69, 9.17) is 10.5 Å². The van der Waals surface area contributed by atoms with E-state index >= 15 is 0 Å². The summed E-state index contributed by atoms with van der Waals surface area (Å²) in [6.45, 7) is -0.356. The van der Waals surface area contributed by atoms with Gasteiger partial charge in [0.05, 0.1) is 6.54 Å². The van der Waals surface area contributed by atoms with Crippen molar-refractivity contribution < 1.29 is 14.3 Å². The van der Waals surface area contributed by atoms with Crippen molar-refractivity contribution in [2.75, 3.05) is 13.6 Å². The summed E-state index contributed by atoms with van der Waals surface area (Å²) in [4.78, 5) is 34.8. The monoisotopic (exact) mass is 313 g/mol. The number of para-hydroxylation sites is 1. The smallest absolute Gasteiger partial charge is 0.268 e. The second-order valence-corrected chi connectivity index (χ2v) is 4.17. The molecule has 0 fully saturated rings. The molecule has 0 aromatic heterocycles. The lowest BCUT2D eigenvalue weighted by molar-refractivity contribution is -0.428. The molecule has 0 heterocycles. The van der Waals surface area contributed by atoms with E-state index in [1.54, 1.807) is 24.3 Å². The first-order valence-electron chi connectivity index (χ1n) is 6.32. The Kier molecular flexibility index (Phi) is 6.44. The van der Waals surface area contributed by atoms with Crippen LogP contribution < -0.4 is 16.2 Å². The highest BCUT2D eigenvalue weighted by Crippen LogP contribution is 2.16. The minimum atomic E-state index is -0.599. The van der Waals surface area contributed by atoms with Gasteiger partial charge in [-0.1, -0.05) is 12.1 Å².